The monoisotopic (exact) mass is 1440 g/mol. The Hall–Kier alpha value is -2.30. The molecular formula is C74H137O24P. The van der Waals surface area contributed by atoms with Crippen molar-refractivity contribution in [3.63, 3.8) is 0 Å². The average molecular weight is 1440 g/mol. The van der Waals surface area contributed by atoms with E-state index in [0.29, 0.717) is 19.3 Å². The molecule has 24 nitrogen and oxygen atoms in total. The Kier molecular flexibility index (Phi) is 51.5. The van der Waals surface area contributed by atoms with Crippen LogP contribution >= 0.6 is 7.82 Å². The summed E-state index contributed by atoms with van der Waals surface area (Å²) in [4.78, 5) is 51.1. The topological polar surface area (TPSA) is 374 Å². The van der Waals surface area contributed by atoms with E-state index in [9.17, 15) is 74.9 Å². The fraction of sp³-hybridized carbons (Fsp3) is 0.932. The molecule has 2 heterocycles. The van der Waals surface area contributed by atoms with Crippen LogP contribution in [0.1, 0.15) is 310 Å². The van der Waals surface area contributed by atoms with Gasteiger partial charge in [0.1, 0.15) is 98.7 Å². The number of ether oxygens (including phenoxy) is 7. The SMILES string of the molecule is CCCCCC/C=C\CCCCCCCCCC(=O)OC(COC(=O)CCCCCCCCCCCCCCCCCCC)COP(=O)(O)OC1C(OC2OC(CO)C(O)C(O)C2O)C(O)C(O)C(O)C1OC1OC(COC(=O)CCCCCCCCCCCCCC)C(O)C(O)C1O. The third kappa shape index (κ3) is 39.0. The van der Waals surface area contributed by atoms with Crippen molar-refractivity contribution in [3.05, 3.63) is 12.2 Å². The lowest BCUT2D eigenvalue weighted by Gasteiger charge is -2.49. The second-order valence-corrected chi connectivity index (χ2v) is 29.5. The van der Waals surface area contributed by atoms with Gasteiger partial charge in [0.15, 0.2) is 18.7 Å². The van der Waals surface area contributed by atoms with Gasteiger partial charge in [-0.3, -0.25) is 23.4 Å². The first kappa shape index (κ1) is 90.9. The zero-order valence-corrected chi connectivity index (χ0v) is 61.7. The van der Waals surface area contributed by atoms with E-state index in [0.717, 1.165) is 109 Å². The van der Waals surface area contributed by atoms with Crippen molar-refractivity contribution in [1.29, 1.82) is 0 Å². The Labute approximate surface area is 592 Å². The van der Waals surface area contributed by atoms with Gasteiger partial charge in [0.05, 0.1) is 13.2 Å². The summed E-state index contributed by atoms with van der Waals surface area (Å²) in [5, 5.41) is 110. The number of hydrogen-bond acceptors (Lipinski definition) is 23. The fourth-order valence-electron chi connectivity index (χ4n) is 12.9. The number of carbonyl (C=O) groups is 3. The van der Waals surface area contributed by atoms with Crippen LogP contribution in [-0.2, 0) is 61.2 Å². The first-order valence-electron chi connectivity index (χ1n) is 39.0. The number of rotatable bonds is 61. The molecular weight excluding hydrogens is 1300 g/mol. The zero-order valence-electron chi connectivity index (χ0n) is 60.8. The molecule has 3 fully saturated rings. The standard InChI is InChI=1S/C74H137O24P/c1-4-7-10-13-16-19-22-25-27-28-30-31-34-37-39-42-45-48-58(76)90-52-55(93-60(78)50-47-44-41-38-35-32-29-26-23-20-17-14-11-8-5-2)53-92-99(88,89)98-72-70(96-73-68(86)63(81)61(79)56(51-75)94-73)66(84)65(83)67(85)71(72)97-74-69(87)64(82)62(80)57(95-74)54-91-59(77)49-46-43-40-36-33-24-21-18-15-12-9-6-3/h20,23,55-57,61-75,79-87H,4-19,21-22,24-54H2,1-3H3,(H,88,89)/b23-20-. The quantitative estimate of drug-likeness (QED) is 0.00886. The molecule has 11 N–H and O–H groups in total. The molecule has 582 valence electrons. The molecule has 99 heavy (non-hydrogen) atoms. The van der Waals surface area contributed by atoms with Crippen LogP contribution in [0.2, 0.25) is 0 Å². The van der Waals surface area contributed by atoms with Gasteiger partial charge in [0.2, 0.25) is 0 Å². The molecule has 2 saturated heterocycles. The summed E-state index contributed by atoms with van der Waals surface area (Å²) >= 11 is 0. The summed E-state index contributed by atoms with van der Waals surface area (Å²) in [6.45, 7) is 3.45. The zero-order chi connectivity index (χ0) is 72.5. The molecule has 0 aromatic heterocycles. The minimum absolute atomic E-state index is 0.0319. The van der Waals surface area contributed by atoms with Gasteiger partial charge in [-0.15, -0.1) is 0 Å². The van der Waals surface area contributed by atoms with Crippen molar-refractivity contribution in [2.24, 2.45) is 0 Å². The molecule has 18 unspecified atom stereocenters. The molecule has 0 aromatic rings. The van der Waals surface area contributed by atoms with Gasteiger partial charge in [0, 0.05) is 19.3 Å². The Morgan fingerprint density at radius 1 is 0.384 bits per heavy atom. The molecule has 0 aromatic carbocycles. The summed E-state index contributed by atoms with van der Waals surface area (Å²) in [5.74, 6) is -1.98. The number of carbonyl (C=O) groups excluding carboxylic acids is 3. The number of hydrogen-bond donors (Lipinski definition) is 11. The van der Waals surface area contributed by atoms with Gasteiger partial charge in [-0.2, -0.15) is 0 Å². The summed E-state index contributed by atoms with van der Waals surface area (Å²) in [5.41, 5.74) is 0. The highest BCUT2D eigenvalue weighted by molar-refractivity contribution is 7.47. The second-order valence-electron chi connectivity index (χ2n) is 28.1. The number of unbranched alkanes of at least 4 members (excludes halogenated alkanes) is 38. The lowest BCUT2D eigenvalue weighted by Crippen LogP contribution is -2.69. The minimum Gasteiger partial charge on any atom is -0.463 e. The molecule has 3 rings (SSSR count). The van der Waals surface area contributed by atoms with Crippen molar-refractivity contribution in [1.82, 2.24) is 0 Å². The van der Waals surface area contributed by atoms with Crippen LogP contribution in [0.5, 0.6) is 0 Å². The van der Waals surface area contributed by atoms with Gasteiger partial charge in [-0.25, -0.2) is 4.57 Å². The molecule has 1 saturated carbocycles. The highest BCUT2D eigenvalue weighted by atomic mass is 31.2. The van der Waals surface area contributed by atoms with Crippen LogP contribution in [0.3, 0.4) is 0 Å². The fourth-order valence-corrected chi connectivity index (χ4v) is 13.9. The third-order valence-electron chi connectivity index (χ3n) is 19.3. The second kappa shape index (κ2) is 56.1. The van der Waals surface area contributed by atoms with Crippen LogP contribution in [0, 0.1) is 0 Å². The Balaban J connectivity index is 1.72. The summed E-state index contributed by atoms with van der Waals surface area (Å²) in [6, 6.07) is 0. The summed E-state index contributed by atoms with van der Waals surface area (Å²) in [7, 11) is -5.70. The van der Waals surface area contributed by atoms with Gasteiger partial charge in [0.25, 0.3) is 0 Å². The molecule has 1 aliphatic carbocycles. The maximum Gasteiger partial charge on any atom is 0.472 e. The highest BCUT2D eigenvalue weighted by Gasteiger charge is 2.58. The largest absolute Gasteiger partial charge is 0.472 e. The number of phosphoric acid groups is 1. The number of esters is 3. The van der Waals surface area contributed by atoms with E-state index in [-0.39, 0.29) is 19.3 Å². The van der Waals surface area contributed by atoms with Crippen LogP contribution in [0.25, 0.3) is 0 Å². The van der Waals surface area contributed by atoms with Gasteiger partial charge >= 0.3 is 25.7 Å². The normalized spacial score (nSPS) is 27.5. The van der Waals surface area contributed by atoms with Crippen LogP contribution < -0.4 is 0 Å². The molecule has 18 atom stereocenters. The molecule has 0 bridgehead atoms. The Bertz CT molecular complexity index is 2090. The lowest BCUT2D eigenvalue weighted by atomic mass is 9.84. The molecule has 3 aliphatic rings. The molecule has 0 amide bonds. The van der Waals surface area contributed by atoms with E-state index in [4.69, 9.17) is 42.2 Å². The molecule has 25 heteroatoms. The van der Waals surface area contributed by atoms with Gasteiger partial charge < -0.3 is 89.1 Å². The van der Waals surface area contributed by atoms with Crippen molar-refractivity contribution in [2.45, 2.75) is 414 Å². The van der Waals surface area contributed by atoms with E-state index in [1.807, 2.05) is 0 Å². The Morgan fingerprint density at radius 3 is 1.10 bits per heavy atom. The van der Waals surface area contributed by atoms with E-state index >= 15 is 0 Å². The van der Waals surface area contributed by atoms with Crippen LogP contribution in [-0.4, -0.2) is 204 Å². The maximum atomic E-state index is 14.3. The van der Waals surface area contributed by atoms with Crippen LogP contribution in [0.4, 0.5) is 0 Å². The smallest absolute Gasteiger partial charge is 0.463 e. The molecule has 2 aliphatic heterocycles. The highest BCUT2D eigenvalue weighted by Crippen LogP contribution is 2.49. The predicted molar refractivity (Wildman–Crippen MR) is 375 cm³/mol. The molecule has 0 radical (unpaired) electrons. The molecule has 0 spiro atoms. The minimum atomic E-state index is -5.70. The van der Waals surface area contributed by atoms with Crippen molar-refractivity contribution >= 4 is 25.7 Å². The summed E-state index contributed by atoms with van der Waals surface area (Å²) in [6.07, 6.45) is 15.5. The van der Waals surface area contributed by atoms with Gasteiger partial charge in [-0.05, 0) is 44.9 Å². The Morgan fingerprint density at radius 2 is 0.707 bits per heavy atom. The van der Waals surface area contributed by atoms with Crippen molar-refractivity contribution < 1.29 is 117 Å². The first-order chi connectivity index (χ1) is 47.8. The van der Waals surface area contributed by atoms with Gasteiger partial charge in [-0.1, -0.05) is 258 Å². The number of allylic oxidation sites excluding steroid dienone is 2. The summed E-state index contributed by atoms with van der Waals surface area (Å²) < 4.78 is 65.1. The number of aliphatic hydroxyl groups excluding tert-OH is 10. The number of phosphoric ester groups is 1. The number of aliphatic hydroxyl groups is 10. The lowest BCUT2D eigenvalue weighted by molar-refractivity contribution is -0.360. The van der Waals surface area contributed by atoms with E-state index in [2.05, 4.69) is 32.9 Å². The first-order valence-corrected chi connectivity index (χ1v) is 40.5. The third-order valence-corrected chi connectivity index (χ3v) is 20.3. The van der Waals surface area contributed by atoms with Crippen molar-refractivity contribution in [3.8, 4) is 0 Å². The van der Waals surface area contributed by atoms with Crippen molar-refractivity contribution in [2.75, 3.05) is 26.4 Å². The average Bonchev–Trinajstić information content (AvgIpc) is 0.765. The van der Waals surface area contributed by atoms with E-state index in [1.165, 1.54) is 141 Å². The maximum absolute atomic E-state index is 14.3. The predicted octanol–water partition coefficient (Wildman–Crippen LogP) is 11.1. The van der Waals surface area contributed by atoms with Crippen LogP contribution in [0.15, 0.2) is 12.2 Å². The van der Waals surface area contributed by atoms with E-state index < -0.39 is 156 Å². The van der Waals surface area contributed by atoms with E-state index in [1.54, 1.807) is 0 Å².